The van der Waals surface area contributed by atoms with E-state index in [-0.39, 0.29) is 30.3 Å². The second-order valence-corrected chi connectivity index (χ2v) is 5.28. The lowest BCUT2D eigenvalue weighted by Crippen LogP contribution is -2.46. The van der Waals surface area contributed by atoms with Gasteiger partial charge in [0.05, 0.1) is 6.61 Å². The summed E-state index contributed by atoms with van der Waals surface area (Å²) in [5, 5.41) is 0. The van der Waals surface area contributed by atoms with Gasteiger partial charge >= 0.3 is 0 Å². The molecule has 1 aromatic carbocycles. The van der Waals surface area contributed by atoms with E-state index in [9.17, 15) is 4.79 Å². The summed E-state index contributed by atoms with van der Waals surface area (Å²) in [6.07, 6.45) is 2.35. The number of amides is 1. The van der Waals surface area contributed by atoms with Crippen molar-refractivity contribution in [3.05, 3.63) is 29.8 Å². The highest BCUT2D eigenvalue weighted by molar-refractivity contribution is 6.00. The van der Waals surface area contributed by atoms with Crippen molar-refractivity contribution < 1.29 is 9.53 Å². The third-order valence-corrected chi connectivity index (χ3v) is 4.01. The highest BCUT2D eigenvalue weighted by Crippen LogP contribution is 2.56. The van der Waals surface area contributed by atoms with E-state index in [4.69, 9.17) is 10.5 Å². The maximum atomic E-state index is 12.3. The Bertz CT molecular complexity index is 488. The largest absolute Gasteiger partial charge is 0.383 e. The Kier molecular flexibility index (Phi) is 3.85. The normalized spacial score (nSPS) is 19.8. The number of nitrogens with two attached hydrogens (primary N) is 1. The number of benzene rings is 1. The first-order valence-corrected chi connectivity index (χ1v) is 6.33. The molecular formula is C14H19ClN2O2. The number of halogens is 1. The summed E-state index contributed by atoms with van der Waals surface area (Å²) in [6.45, 7) is 1.05. The van der Waals surface area contributed by atoms with Gasteiger partial charge in [-0.25, -0.2) is 0 Å². The SMILES string of the molecule is COCC(N)C(=O)N1CC2(CC2)c2ccccc21.Cl. The molecule has 0 bridgehead atoms. The molecule has 0 saturated heterocycles. The van der Waals surface area contributed by atoms with Gasteiger partial charge in [0, 0.05) is 24.8 Å². The van der Waals surface area contributed by atoms with Crippen molar-refractivity contribution in [1.29, 1.82) is 0 Å². The molecule has 2 N–H and O–H groups in total. The summed E-state index contributed by atoms with van der Waals surface area (Å²) in [6, 6.07) is 7.60. The van der Waals surface area contributed by atoms with Crippen LogP contribution in [0.25, 0.3) is 0 Å². The summed E-state index contributed by atoms with van der Waals surface area (Å²) < 4.78 is 4.97. The number of hydrogen-bond donors (Lipinski definition) is 1. The molecule has 1 atom stereocenters. The fourth-order valence-electron chi connectivity index (χ4n) is 2.86. The first kappa shape index (κ1) is 14.3. The van der Waals surface area contributed by atoms with Gasteiger partial charge in [-0.1, -0.05) is 18.2 Å². The van der Waals surface area contributed by atoms with Crippen LogP contribution in [0.1, 0.15) is 18.4 Å². The van der Waals surface area contributed by atoms with Crippen LogP contribution in [0.4, 0.5) is 5.69 Å². The third-order valence-electron chi connectivity index (χ3n) is 4.01. The Balaban J connectivity index is 0.00000133. The van der Waals surface area contributed by atoms with E-state index < -0.39 is 6.04 Å². The zero-order valence-electron chi connectivity index (χ0n) is 11.0. The molecule has 1 aliphatic heterocycles. The fraction of sp³-hybridized carbons (Fsp3) is 0.500. The molecule has 2 aliphatic rings. The molecule has 4 nitrogen and oxygen atoms in total. The number of hydrogen-bond acceptors (Lipinski definition) is 3. The lowest BCUT2D eigenvalue weighted by atomic mass is 9.99. The van der Waals surface area contributed by atoms with E-state index in [1.54, 1.807) is 7.11 Å². The minimum absolute atomic E-state index is 0. The van der Waals surface area contributed by atoms with Crippen molar-refractivity contribution in [2.45, 2.75) is 24.3 Å². The van der Waals surface area contributed by atoms with Gasteiger partial charge in [-0.15, -0.1) is 12.4 Å². The van der Waals surface area contributed by atoms with E-state index in [0.717, 1.165) is 12.2 Å². The van der Waals surface area contributed by atoms with E-state index in [1.165, 1.54) is 18.4 Å². The standard InChI is InChI=1S/C14H18N2O2.ClH/c1-18-8-11(15)13(17)16-9-14(6-7-14)10-4-2-3-5-12(10)16;/h2-5,11H,6-9,15H2,1H3;1H. The summed E-state index contributed by atoms with van der Waals surface area (Å²) in [7, 11) is 1.56. The lowest BCUT2D eigenvalue weighted by Gasteiger charge is -2.21. The van der Waals surface area contributed by atoms with Crippen LogP contribution in [-0.2, 0) is 14.9 Å². The van der Waals surface area contributed by atoms with Crippen LogP contribution in [0, 0.1) is 0 Å². The summed E-state index contributed by atoms with van der Waals surface area (Å²) in [5.41, 5.74) is 8.42. The van der Waals surface area contributed by atoms with Crippen molar-refractivity contribution in [2.75, 3.05) is 25.2 Å². The van der Waals surface area contributed by atoms with Crippen LogP contribution in [0.2, 0.25) is 0 Å². The van der Waals surface area contributed by atoms with Gasteiger partial charge in [-0.05, 0) is 24.5 Å². The minimum Gasteiger partial charge on any atom is -0.383 e. The highest BCUT2D eigenvalue weighted by atomic mass is 35.5. The van der Waals surface area contributed by atoms with Crippen molar-refractivity contribution >= 4 is 24.0 Å². The minimum atomic E-state index is -0.572. The fourth-order valence-corrected chi connectivity index (χ4v) is 2.86. The maximum absolute atomic E-state index is 12.3. The van der Waals surface area contributed by atoms with Crippen molar-refractivity contribution in [2.24, 2.45) is 5.73 Å². The quantitative estimate of drug-likeness (QED) is 0.913. The van der Waals surface area contributed by atoms with Crippen LogP contribution in [-0.4, -0.2) is 32.2 Å². The number of nitrogens with zero attached hydrogens (tertiary/aromatic N) is 1. The lowest BCUT2D eigenvalue weighted by molar-refractivity contribution is -0.120. The van der Waals surface area contributed by atoms with Gasteiger partial charge in [0.1, 0.15) is 6.04 Å². The second kappa shape index (κ2) is 5.12. The number of carbonyl (C=O) groups is 1. The van der Waals surface area contributed by atoms with Crippen LogP contribution >= 0.6 is 12.4 Å². The Morgan fingerprint density at radius 2 is 2.16 bits per heavy atom. The Morgan fingerprint density at radius 3 is 2.79 bits per heavy atom. The number of ether oxygens (including phenoxy) is 1. The highest BCUT2D eigenvalue weighted by Gasteiger charge is 2.53. The average Bonchev–Trinajstić information content (AvgIpc) is 3.08. The van der Waals surface area contributed by atoms with E-state index >= 15 is 0 Å². The molecule has 1 fully saturated rings. The second-order valence-electron chi connectivity index (χ2n) is 5.28. The Morgan fingerprint density at radius 1 is 1.47 bits per heavy atom. The summed E-state index contributed by atoms with van der Waals surface area (Å²) in [5.74, 6) is -0.0342. The number of anilines is 1. The monoisotopic (exact) mass is 282 g/mol. The molecule has 1 aliphatic carbocycles. The van der Waals surface area contributed by atoms with Crippen molar-refractivity contribution in [1.82, 2.24) is 0 Å². The molecule has 1 amide bonds. The number of carbonyl (C=O) groups excluding carboxylic acids is 1. The number of rotatable bonds is 3. The first-order chi connectivity index (χ1) is 8.68. The smallest absolute Gasteiger partial charge is 0.246 e. The van der Waals surface area contributed by atoms with E-state index in [2.05, 4.69) is 6.07 Å². The topological polar surface area (TPSA) is 55.6 Å². The third kappa shape index (κ3) is 2.24. The van der Waals surface area contributed by atoms with Crippen LogP contribution in [0.3, 0.4) is 0 Å². The molecule has 0 radical (unpaired) electrons. The Labute approximate surface area is 119 Å². The molecule has 3 rings (SSSR count). The van der Waals surface area contributed by atoms with Gasteiger partial charge in [0.2, 0.25) is 5.91 Å². The molecule has 1 heterocycles. The molecule has 1 spiro atoms. The van der Waals surface area contributed by atoms with E-state index in [0.29, 0.717) is 0 Å². The summed E-state index contributed by atoms with van der Waals surface area (Å²) >= 11 is 0. The number of fused-ring (bicyclic) bond motifs is 2. The van der Waals surface area contributed by atoms with Crippen LogP contribution < -0.4 is 10.6 Å². The Hall–Kier alpha value is -1.10. The maximum Gasteiger partial charge on any atom is 0.246 e. The summed E-state index contributed by atoms with van der Waals surface area (Å²) in [4.78, 5) is 14.2. The van der Waals surface area contributed by atoms with Crippen molar-refractivity contribution in [3.63, 3.8) is 0 Å². The van der Waals surface area contributed by atoms with Crippen LogP contribution in [0.15, 0.2) is 24.3 Å². The zero-order chi connectivity index (χ0) is 12.8. The molecule has 0 aromatic heterocycles. The van der Waals surface area contributed by atoms with E-state index in [1.807, 2.05) is 23.1 Å². The van der Waals surface area contributed by atoms with Gasteiger partial charge < -0.3 is 15.4 Å². The molecule has 1 unspecified atom stereocenters. The molecule has 5 heteroatoms. The first-order valence-electron chi connectivity index (χ1n) is 6.33. The average molecular weight is 283 g/mol. The van der Waals surface area contributed by atoms with Gasteiger partial charge in [0.25, 0.3) is 0 Å². The number of methoxy groups -OCH3 is 1. The molecule has 104 valence electrons. The molecule has 1 aromatic rings. The predicted octanol–water partition coefficient (Wildman–Crippen LogP) is 1.46. The molecule has 19 heavy (non-hydrogen) atoms. The van der Waals surface area contributed by atoms with Gasteiger partial charge in [0.15, 0.2) is 0 Å². The van der Waals surface area contributed by atoms with Gasteiger partial charge in [-0.2, -0.15) is 0 Å². The van der Waals surface area contributed by atoms with Crippen molar-refractivity contribution in [3.8, 4) is 0 Å². The van der Waals surface area contributed by atoms with Crippen LogP contribution in [0.5, 0.6) is 0 Å². The zero-order valence-corrected chi connectivity index (χ0v) is 11.8. The number of para-hydroxylation sites is 1. The molecule has 1 saturated carbocycles. The van der Waals surface area contributed by atoms with Gasteiger partial charge in [-0.3, -0.25) is 4.79 Å². The molecular weight excluding hydrogens is 264 g/mol. The predicted molar refractivity (Wildman–Crippen MR) is 76.8 cm³/mol.